The highest BCUT2D eigenvalue weighted by atomic mass is 35.5. The van der Waals surface area contributed by atoms with Crippen molar-refractivity contribution in [2.75, 3.05) is 13.1 Å². The van der Waals surface area contributed by atoms with Crippen molar-refractivity contribution in [2.45, 2.75) is 25.8 Å². The third-order valence-corrected chi connectivity index (χ3v) is 5.47. The predicted molar refractivity (Wildman–Crippen MR) is 99.2 cm³/mol. The van der Waals surface area contributed by atoms with E-state index < -0.39 is 5.97 Å². The summed E-state index contributed by atoms with van der Waals surface area (Å²) in [6, 6.07) is 9.36. The van der Waals surface area contributed by atoms with Gasteiger partial charge in [0.05, 0.1) is 27.7 Å². The fraction of sp³-hybridized carbons (Fsp3) is 0.368. The van der Waals surface area contributed by atoms with E-state index in [1.54, 1.807) is 12.3 Å². The monoisotopic (exact) mass is 378 g/mol. The smallest absolute Gasteiger partial charge is 0.307 e. The zero-order valence-corrected chi connectivity index (χ0v) is 15.5. The van der Waals surface area contributed by atoms with Crippen LogP contribution in [0.5, 0.6) is 0 Å². The summed E-state index contributed by atoms with van der Waals surface area (Å²) in [5.41, 5.74) is 2.96. The van der Waals surface area contributed by atoms with Crippen LogP contribution in [0, 0.1) is 12.8 Å². The molecule has 6 heteroatoms. The van der Waals surface area contributed by atoms with Crippen LogP contribution in [0.4, 0.5) is 0 Å². The lowest BCUT2D eigenvalue weighted by molar-refractivity contribution is -0.143. The quantitative estimate of drug-likeness (QED) is 0.845. The van der Waals surface area contributed by atoms with Gasteiger partial charge in [-0.1, -0.05) is 35.3 Å². The van der Waals surface area contributed by atoms with Crippen molar-refractivity contribution in [2.24, 2.45) is 5.92 Å². The van der Waals surface area contributed by atoms with Crippen molar-refractivity contribution in [3.8, 4) is 0 Å². The second kappa shape index (κ2) is 7.73. The molecule has 0 amide bonds. The average molecular weight is 379 g/mol. The van der Waals surface area contributed by atoms with Gasteiger partial charge in [-0.05, 0) is 55.6 Å². The number of aryl methyl sites for hydroxylation is 1. The Labute approximate surface area is 157 Å². The largest absolute Gasteiger partial charge is 0.481 e. The van der Waals surface area contributed by atoms with E-state index in [1.807, 2.05) is 31.2 Å². The van der Waals surface area contributed by atoms with Crippen molar-refractivity contribution in [3.05, 3.63) is 63.4 Å². The summed E-state index contributed by atoms with van der Waals surface area (Å²) in [5.74, 6) is -1.10. The van der Waals surface area contributed by atoms with E-state index in [0.29, 0.717) is 23.0 Å². The summed E-state index contributed by atoms with van der Waals surface area (Å²) in [7, 11) is 0. The van der Waals surface area contributed by atoms with E-state index in [0.717, 1.165) is 29.8 Å². The average Bonchev–Trinajstić information content (AvgIpc) is 2.60. The molecule has 3 rings (SSSR count). The number of halogens is 2. The van der Waals surface area contributed by atoms with Gasteiger partial charge in [0.2, 0.25) is 0 Å². The van der Waals surface area contributed by atoms with Crippen LogP contribution in [-0.2, 0) is 4.79 Å². The molecule has 0 bridgehead atoms. The lowest BCUT2D eigenvalue weighted by Crippen LogP contribution is -2.41. The summed E-state index contributed by atoms with van der Waals surface area (Å²) in [5, 5.41) is 10.4. The molecular weight excluding hydrogens is 359 g/mol. The standard InChI is InChI=1S/C19H20Cl2N2O2/c1-12-4-2-8-22-17(12)18(13-6-7-15(20)16(21)10-13)23-9-3-5-14(11-23)19(24)25/h2,4,6-8,10,14,18H,3,5,9,11H2,1H3,(H,24,25). The molecule has 1 saturated heterocycles. The Morgan fingerprint density at radius 3 is 2.80 bits per heavy atom. The van der Waals surface area contributed by atoms with Gasteiger partial charge in [0.1, 0.15) is 0 Å². The van der Waals surface area contributed by atoms with E-state index in [9.17, 15) is 9.90 Å². The normalized spacial score (nSPS) is 19.6. The van der Waals surface area contributed by atoms with Gasteiger partial charge in [0.25, 0.3) is 0 Å². The van der Waals surface area contributed by atoms with Crippen LogP contribution in [-0.4, -0.2) is 34.0 Å². The minimum atomic E-state index is -0.740. The minimum absolute atomic E-state index is 0.141. The summed E-state index contributed by atoms with van der Waals surface area (Å²) in [6.45, 7) is 3.34. The van der Waals surface area contributed by atoms with Gasteiger partial charge >= 0.3 is 5.97 Å². The lowest BCUT2D eigenvalue weighted by Gasteiger charge is -2.37. The third-order valence-electron chi connectivity index (χ3n) is 4.74. The van der Waals surface area contributed by atoms with E-state index >= 15 is 0 Å². The molecule has 1 aliphatic rings. The zero-order chi connectivity index (χ0) is 18.0. The van der Waals surface area contributed by atoms with Gasteiger partial charge in [-0.2, -0.15) is 0 Å². The van der Waals surface area contributed by atoms with Crippen molar-refractivity contribution < 1.29 is 9.90 Å². The molecule has 25 heavy (non-hydrogen) atoms. The van der Waals surface area contributed by atoms with Gasteiger partial charge < -0.3 is 5.11 Å². The maximum absolute atomic E-state index is 11.5. The molecular formula is C19H20Cl2N2O2. The van der Waals surface area contributed by atoms with Crippen LogP contribution < -0.4 is 0 Å². The number of likely N-dealkylation sites (tertiary alicyclic amines) is 1. The van der Waals surface area contributed by atoms with E-state index in [1.165, 1.54) is 0 Å². The Bertz CT molecular complexity index is 782. The number of carboxylic acid groups (broad SMARTS) is 1. The number of pyridine rings is 1. The number of aliphatic carboxylic acids is 1. The topological polar surface area (TPSA) is 53.4 Å². The Kier molecular flexibility index (Phi) is 5.62. The fourth-order valence-corrected chi connectivity index (χ4v) is 3.76. The highest BCUT2D eigenvalue weighted by molar-refractivity contribution is 6.42. The van der Waals surface area contributed by atoms with Gasteiger partial charge in [-0.15, -0.1) is 0 Å². The van der Waals surface area contributed by atoms with E-state index in [-0.39, 0.29) is 12.0 Å². The Morgan fingerprint density at radius 2 is 2.12 bits per heavy atom. The maximum Gasteiger partial charge on any atom is 0.307 e. The summed E-state index contributed by atoms with van der Waals surface area (Å²) in [4.78, 5) is 18.3. The number of carbonyl (C=O) groups is 1. The lowest BCUT2D eigenvalue weighted by atomic mass is 9.92. The molecule has 0 aliphatic carbocycles. The fourth-order valence-electron chi connectivity index (χ4n) is 3.45. The first-order valence-corrected chi connectivity index (χ1v) is 9.06. The second-order valence-electron chi connectivity index (χ2n) is 6.45. The molecule has 2 aromatic rings. The van der Waals surface area contributed by atoms with Gasteiger partial charge in [-0.25, -0.2) is 0 Å². The van der Waals surface area contributed by atoms with E-state index in [4.69, 9.17) is 23.2 Å². The summed E-state index contributed by atoms with van der Waals surface area (Å²) in [6.07, 6.45) is 3.33. The number of piperidine rings is 1. The molecule has 1 N–H and O–H groups in total. The van der Waals surface area contributed by atoms with Gasteiger partial charge in [0.15, 0.2) is 0 Å². The Morgan fingerprint density at radius 1 is 1.32 bits per heavy atom. The van der Waals surface area contributed by atoms with Crippen LogP contribution >= 0.6 is 23.2 Å². The summed E-state index contributed by atoms with van der Waals surface area (Å²) < 4.78 is 0. The van der Waals surface area contributed by atoms with Crippen molar-refractivity contribution in [1.29, 1.82) is 0 Å². The molecule has 0 saturated carbocycles. The number of carboxylic acids is 1. The number of benzene rings is 1. The highest BCUT2D eigenvalue weighted by Crippen LogP contribution is 2.35. The Balaban J connectivity index is 2.04. The molecule has 1 aromatic heterocycles. The molecule has 0 radical (unpaired) electrons. The third kappa shape index (κ3) is 3.97. The van der Waals surface area contributed by atoms with Crippen molar-refractivity contribution in [1.82, 2.24) is 9.88 Å². The summed E-state index contributed by atoms with van der Waals surface area (Å²) >= 11 is 12.3. The van der Waals surface area contributed by atoms with Crippen LogP contribution in [0.3, 0.4) is 0 Å². The Hall–Kier alpha value is -1.62. The molecule has 2 heterocycles. The molecule has 2 unspecified atom stereocenters. The molecule has 1 fully saturated rings. The first-order chi connectivity index (χ1) is 12.0. The molecule has 0 spiro atoms. The first kappa shape index (κ1) is 18.2. The maximum atomic E-state index is 11.5. The van der Waals surface area contributed by atoms with E-state index in [2.05, 4.69) is 9.88 Å². The van der Waals surface area contributed by atoms with Crippen LogP contribution in [0.15, 0.2) is 36.5 Å². The first-order valence-electron chi connectivity index (χ1n) is 8.30. The molecule has 1 aliphatic heterocycles. The van der Waals surface area contributed by atoms with Crippen LogP contribution in [0.1, 0.15) is 35.7 Å². The molecule has 132 valence electrons. The van der Waals surface area contributed by atoms with Crippen LogP contribution in [0.25, 0.3) is 0 Å². The zero-order valence-electron chi connectivity index (χ0n) is 14.0. The highest BCUT2D eigenvalue weighted by Gasteiger charge is 2.32. The minimum Gasteiger partial charge on any atom is -0.481 e. The van der Waals surface area contributed by atoms with Gasteiger partial charge in [-0.3, -0.25) is 14.7 Å². The van der Waals surface area contributed by atoms with Crippen molar-refractivity contribution >= 4 is 29.2 Å². The van der Waals surface area contributed by atoms with Crippen LogP contribution in [0.2, 0.25) is 10.0 Å². The second-order valence-corrected chi connectivity index (χ2v) is 7.27. The molecule has 1 aromatic carbocycles. The number of nitrogens with zero attached hydrogens (tertiary/aromatic N) is 2. The number of rotatable bonds is 4. The van der Waals surface area contributed by atoms with Gasteiger partial charge in [0, 0.05) is 12.7 Å². The SMILES string of the molecule is Cc1cccnc1C(c1ccc(Cl)c(Cl)c1)N1CCCC(C(=O)O)C1. The molecule has 2 atom stereocenters. The number of hydrogen-bond acceptors (Lipinski definition) is 3. The number of aromatic nitrogens is 1. The predicted octanol–water partition coefficient (Wildman–Crippen LogP) is 4.58. The number of hydrogen-bond donors (Lipinski definition) is 1. The molecule has 4 nitrogen and oxygen atoms in total. The van der Waals surface area contributed by atoms with Crippen molar-refractivity contribution in [3.63, 3.8) is 0 Å².